The van der Waals surface area contributed by atoms with Crippen LogP contribution >= 0.6 is 15.9 Å². The maximum Gasteiger partial charge on any atom is 0.0985 e. The molecule has 0 spiro atoms. The number of rotatable bonds is 2. The molecule has 1 aliphatic carbocycles. The molecule has 17 heavy (non-hydrogen) atoms. The molecule has 1 fully saturated rings. The van der Waals surface area contributed by atoms with E-state index in [9.17, 15) is 0 Å². The van der Waals surface area contributed by atoms with E-state index in [0.717, 1.165) is 10.4 Å². The van der Waals surface area contributed by atoms with Crippen LogP contribution in [-0.2, 0) is 0 Å². The normalized spacial score (nSPS) is 16.7. The van der Waals surface area contributed by atoms with Gasteiger partial charge in [0.1, 0.15) is 0 Å². The smallest absolute Gasteiger partial charge is 0.0985 e. The number of aromatic nitrogens is 1. The highest BCUT2D eigenvalue weighted by Gasteiger charge is 2.33. The summed E-state index contributed by atoms with van der Waals surface area (Å²) in [5.41, 5.74) is 2.94. The average molecular weight is 308 g/mol. The lowest BCUT2D eigenvalue weighted by atomic mass is 10.1. The first-order valence-corrected chi connectivity index (χ1v) is 10.6. The highest BCUT2D eigenvalue weighted by molar-refractivity contribution is 9.10. The molecule has 90 valence electrons. The van der Waals surface area contributed by atoms with Crippen molar-refractivity contribution in [2.24, 2.45) is 0 Å². The molecule has 3 rings (SSSR count). The number of nitrogens with one attached hydrogen (secondary N) is 1. The highest BCUT2D eigenvalue weighted by atomic mass is 79.9. The minimum Gasteiger partial charge on any atom is -0.362 e. The van der Waals surface area contributed by atoms with Crippen molar-refractivity contribution < 1.29 is 0 Å². The van der Waals surface area contributed by atoms with E-state index < -0.39 is 8.07 Å². The minimum atomic E-state index is -1.27. The van der Waals surface area contributed by atoms with Crippen LogP contribution < -0.4 is 5.32 Å². The fourth-order valence-electron chi connectivity index (χ4n) is 2.58. The summed E-state index contributed by atoms with van der Waals surface area (Å²) in [6, 6.07) is 6.65. The molecule has 0 atom stereocenters. The Morgan fingerprint density at radius 3 is 2.53 bits per heavy atom. The van der Waals surface area contributed by atoms with Crippen LogP contribution in [-0.4, -0.2) is 13.1 Å². The van der Waals surface area contributed by atoms with Gasteiger partial charge in [0.2, 0.25) is 0 Å². The van der Waals surface area contributed by atoms with Crippen molar-refractivity contribution >= 4 is 40.2 Å². The fourth-order valence-corrected chi connectivity index (χ4v) is 4.60. The summed E-state index contributed by atoms with van der Waals surface area (Å²) in [5.74, 6) is 0.826. The van der Waals surface area contributed by atoms with Gasteiger partial charge in [-0.1, -0.05) is 41.6 Å². The molecule has 1 nitrogen and oxygen atoms in total. The van der Waals surface area contributed by atoms with E-state index in [1.807, 2.05) is 0 Å². The van der Waals surface area contributed by atoms with Crippen LogP contribution in [0.15, 0.2) is 22.7 Å². The summed E-state index contributed by atoms with van der Waals surface area (Å²) >= 11 is 3.56. The number of benzene rings is 1. The van der Waals surface area contributed by atoms with E-state index in [-0.39, 0.29) is 0 Å². The molecular formula is C14H18BrNSi. The summed E-state index contributed by atoms with van der Waals surface area (Å²) in [6.07, 6.45) is 2.75. The molecule has 1 aromatic carbocycles. The standard InChI is InChI=1S/C14H18BrNSi/c1-17(2,3)14-13(9-4-5-9)11-7-6-10(15)8-12(11)16-14/h6-9,16H,4-5H2,1-3H3. The summed E-state index contributed by atoms with van der Waals surface area (Å²) in [5, 5.41) is 3.02. The summed E-state index contributed by atoms with van der Waals surface area (Å²) < 4.78 is 1.16. The first-order chi connectivity index (χ1) is 7.97. The van der Waals surface area contributed by atoms with Gasteiger partial charge in [-0.25, -0.2) is 0 Å². The molecule has 0 saturated heterocycles. The van der Waals surface area contributed by atoms with E-state index in [0.29, 0.717) is 0 Å². The van der Waals surface area contributed by atoms with Gasteiger partial charge in [0.15, 0.2) is 0 Å². The quantitative estimate of drug-likeness (QED) is 0.794. The predicted octanol–water partition coefficient (Wildman–Crippen LogP) is 4.35. The van der Waals surface area contributed by atoms with Gasteiger partial charge in [0.25, 0.3) is 0 Å². The lowest BCUT2D eigenvalue weighted by Gasteiger charge is -2.17. The topological polar surface area (TPSA) is 15.8 Å². The van der Waals surface area contributed by atoms with Gasteiger partial charge in [-0.05, 0) is 36.5 Å². The van der Waals surface area contributed by atoms with Crippen molar-refractivity contribution in [3.05, 3.63) is 28.2 Å². The number of H-pyrrole nitrogens is 1. The molecular weight excluding hydrogens is 290 g/mol. The molecule has 0 radical (unpaired) electrons. The van der Waals surface area contributed by atoms with Crippen molar-refractivity contribution in [2.45, 2.75) is 38.4 Å². The summed E-state index contributed by atoms with van der Waals surface area (Å²) in [7, 11) is -1.27. The predicted molar refractivity (Wildman–Crippen MR) is 81.0 cm³/mol. The largest absolute Gasteiger partial charge is 0.362 e. The zero-order valence-electron chi connectivity index (χ0n) is 10.6. The molecule has 3 heteroatoms. The lowest BCUT2D eigenvalue weighted by molar-refractivity contribution is 1.16. The molecule has 1 heterocycles. The molecule has 1 aromatic heterocycles. The van der Waals surface area contributed by atoms with Crippen LogP contribution in [0.25, 0.3) is 10.9 Å². The Morgan fingerprint density at radius 2 is 1.94 bits per heavy atom. The Morgan fingerprint density at radius 1 is 1.24 bits per heavy atom. The third-order valence-electron chi connectivity index (χ3n) is 3.54. The van der Waals surface area contributed by atoms with Crippen LogP contribution in [0.4, 0.5) is 0 Å². The van der Waals surface area contributed by atoms with Crippen LogP contribution in [0.3, 0.4) is 0 Å². The van der Waals surface area contributed by atoms with E-state index in [1.165, 1.54) is 23.7 Å². The zero-order valence-corrected chi connectivity index (χ0v) is 13.2. The highest BCUT2D eigenvalue weighted by Crippen LogP contribution is 2.43. The van der Waals surface area contributed by atoms with E-state index in [1.54, 1.807) is 10.9 Å². The van der Waals surface area contributed by atoms with E-state index in [4.69, 9.17) is 0 Å². The Balaban J connectivity index is 2.30. The molecule has 0 bridgehead atoms. The number of hydrogen-bond donors (Lipinski definition) is 1. The van der Waals surface area contributed by atoms with Crippen molar-refractivity contribution in [1.82, 2.24) is 4.98 Å². The molecule has 1 aliphatic rings. The van der Waals surface area contributed by atoms with Crippen LogP contribution in [0.2, 0.25) is 19.6 Å². The number of fused-ring (bicyclic) bond motifs is 1. The maximum absolute atomic E-state index is 3.70. The van der Waals surface area contributed by atoms with Crippen molar-refractivity contribution in [3.63, 3.8) is 0 Å². The number of aromatic amines is 1. The van der Waals surface area contributed by atoms with Crippen molar-refractivity contribution in [1.29, 1.82) is 0 Å². The van der Waals surface area contributed by atoms with Crippen LogP contribution in [0.5, 0.6) is 0 Å². The van der Waals surface area contributed by atoms with E-state index in [2.05, 4.69) is 58.8 Å². The SMILES string of the molecule is C[Si](C)(C)c1[nH]c2cc(Br)ccc2c1C1CC1. The first kappa shape index (κ1) is 11.5. The zero-order chi connectivity index (χ0) is 12.2. The molecule has 1 saturated carbocycles. The Labute approximate surface area is 112 Å². The Kier molecular flexibility index (Phi) is 2.53. The van der Waals surface area contributed by atoms with Gasteiger partial charge >= 0.3 is 0 Å². The second kappa shape index (κ2) is 3.72. The summed E-state index contributed by atoms with van der Waals surface area (Å²) in [6.45, 7) is 7.29. The number of halogens is 1. The van der Waals surface area contributed by atoms with E-state index >= 15 is 0 Å². The number of hydrogen-bond acceptors (Lipinski definition) is 0. The minimum absolute atomic E-state index is 0.826. The van der Waals surface area contributed by atoms with Gasteiger partial charge in [0.05, 0.1) is 8.07 Å². The van der Waals surface area contributed by atoms with Crippen LogP contribution in [0, 0.1) is 0 Å². The molecule has 0 unspecified atom stereocenters. The molecule has 2 aromatic rings. The molecule has 0 amide bonds. The summed E-state index contributed by atoms with van der Waals surface area (Å²) in [4.78, 5) is 3.70. The first-order valence-electron chi connectivity index (χ1n) is 6.28. The van der Waals surface area contributed by atoms with Crippen molar-refractivity contribution in [2.75, 3.05) is 0 Å². The second-order valence-electron chi connectivity index (χ2n) is 6.13. The molecule has 0 aliphatic heterocycles. The Hall–Kier alpha value is -0.543. The van der Waals surface area contributed by atoms with Gasteiger partial charge in [-0.15, -0.1) is 0 Å². The second-order valence-corrected chi connectivity index (χ2v) is 12.0. The monoisotopic (exact) mass is 307 g/mol. The molecule has 1 N–H and O–H groups in total. The average Bonchev–Trinajstić information content (AvgIpc) is 2.97. The Bertz CT molecular complexity index is 576. The van der Waals surface area contributed by atoms with Gasteiger partial charge in [0, 0.05) is 20.7 Å². The fraction of sp³-hybridized carbons (Fsp3) is 0.429. The third kappa shape index (κ3) is 2.00. The third-order valence-corrected chi connectivity index (χ3v) is 5.92. The van der Waals surface area contributed by atoms with Gasteiger partial charge in [-0.3, -0.25) is 0 Å². The van der Waals surface area contributed by atoms with Crippen molar-refractivity contribution in [3.8, 4) is 0 Å². The lowest BCUT2D eigenvalue weighted by Crippen LogP contribution is -2.40. The van der Waals surface area contributed by atoms with Gasteiger partial charge in [-0.2, -0.15) is 0 Å². The maximum atomic E-state index is 3.70. The van der Waals surface area contributed by atoms with Gasteiger partial charge < -0.3 is 4.98 Å². The van der Waals surface area contributed by atoms with Crippen LogP contribution in [0.1, 0.15) is 24.3 Å².